The van der Waals surface area contributed by atoms with E-state index in [1.807, 2.05) is 91.0 Å². The van der Waals surface area contributed by atoms with Gasteiger partial charge in [-0.1, -0.05) is 91.0 Å². The van der Waals surface area contributed by atoms with Gasteiger partial charge in [0.15, 0.2) is 0 Å². The minimum absolute atomic E-state index is 0.0948. The molecule has 0 unspecified atom stereocenters. The molecule has 1 heterocycles. The fourth-order valence-corrected chi connectivity index (χ4v) is 5.10. The molecule has 0 aliphatic carbocycles. The van der Waals surface area contributed by atoms with Gasteiger partial charge in [0.25, 0.3) is 0 Å². The van der Waals surface area contributed by atoms with Crippen LogP contribution in [0, 0.1) is 6.92 Å². The number of nitrogens with one attached hydrogen (secondary N) is 1. The molecule has 0 atom stereocenters. The van der Waals surface area contributed by atoms with Crippen LogP contribution in [0.1, 0.15) is 55.1 Å². The summed E-state index contributed by atoms with van der Waals surface area (Å²) in [6.45, 7) is 3.61. The summed E-state index contributed by atoms with van der Waals surface area (Å²) in [6, 6.07) is 28.1. The second-order valence-corrected chi connectivity index (χ2v) is 9.31. The maximum Gasteiger partial charge on any atom is 0.349 e. The number of hydrogen-bond donors (Lipinski definition) is 1. The molecule has 0 radical (unpaired) electrons. The van der Waals surface area contributed by atoms with Crippen LogP contribution in [0.5, 0.6) is 0 Å². The van der Waals surface area contributed by atoms with Crippen molar-refractivity contribution in [3.63, 3.8) is 0 Å². The summed E-state index contributed by atoms with van der Waals surface area (Å²) in [7, 11) is 0. The topological polar surface area (TPSA) is 81.7 Å². The number of ether oxygens (including phenoxy) is 2. The maximum absolute atomic E-state index is 13.7. The lowest BCUT2D eigenvalue weighted by molar-refractivity contribution is -0.116. The van der Waals surface area contributed by atoms with E-state index in [-0.39, 0.29) is 34.6 Å². The summed E-state index contributed by atoms with van der Waals surface area (Å²) in [5.41, 5.74) is 3.02. The van der Waals surface area contributed by atoms with E-state index in [0.29, 0.717) is 5.56 Å². The number of esters is 2. The smallest absolute Gasteiger partial charge is 0.349 e. The predicted octanol–water partition coefficient (Wildman–Crippen LogP) is 6.36. The molecule has 1 aromatic heterocycles. The van der Waals surface area contributed by atoms with Crippen LogP contribution in [0.25, 0.3) is 0 Å². The third kappa shape index (κ3) is 6.13. The zero-order valence-corrected chi connectivity index (χ0v) is 21.4. The maximum atomic E-state index is 13.7. The van der Waals surface area contributed by atoms with E-state index in [9.17, 15) is 14.4 Å². The summed E-state index contributed by atoms with van der Waals surface area (Å²) in [5.74, 6) is -2.12. The van der Waals surface area contributed by atoms with E-state index in [0.717, 1.165) is 28.0 Å². The number of carbonyl (C=O) groups is 3. The monoisotopic (exact) mass is 513 g/mol. The van der Waals surface area contributed by atoms with Gasteiger partial charge in [-0.15, -0.1) is 11.3 Å². The number of hydrogen-bond acceptors (Lipinski definition) is 6. The molecule has 1 amide bonds. The highest BCUT2D eigenvalue weighted by Gasteiger charge is 2.30. The van der Waals surface area contributed by atoms with E-state index in [1.165, 1.54) is 0 Å². The molecule has 7 heteroatoms. The van der Waals surface area contributed by atoms with Crippen LogP contribution in [0.4, 0.5) is 5.00 Å². The zero-order valence-electron chi connectivity index (χ0n) is 20.6. The highest BCUT2D eigenvalue weighted by molar-refractivity contribution is 7.18. The normalized spacial score (nSPS) is 10.7. The second kappa shape index (κ2) is 12.1. The lowest BCUT2D eigenvalue weighted by atomic mass is 9.90. The van der Waals surface area contributed by atoms with Crippen molar-refractivity contribution in [3.8, 4) is 0 Å². The van der Waals surface area contributed by atoms with E-state index in [4.69, 9.17) is 9.47 Å². The lowest BCUT2D eigenvalue weighted by Gasteiger charge is -2.18. The number of benzene rings is 3. The Morgan fingerprint density at radius 2 is 1.32 bits per heavy atom. The fourth-order valence-electron chi connectivity index (χ4n) is 4.00. The van der Waals surface area contributed by atoms with Crippen molar-refractivity contribution in [1.82, 2.24) is 0 Å². The van der Waals surface area contributed by atoms with Crippen molar-refractivity contribution in [2.75, 3.05) is 11.9 Å². The van der Waals surface area contributed by atoms with Crippen molar-refractivity contribution in [3.05, 3.63) is 124 Å². The van der Waals surface area contributed by atoms with Crippen LogP contribution >= 0.6 is 11.3 Å². The molecule has 37 heavy (non-hydrogen) atoms. The van der Waals surface area contributed by atoms with E-state index in [1.54, 1.807) is 13.8 Å². The summed E-state index contributed by atoms with van der Waals surface area (Å²) >= 11 is 1.01. The molecule has 4 aromatic rings. The zero-order chi connectivity index (χ0) is 26.2. The number of rotatable bonds is 9. The average molecular weight is 514 g/mol. The third-order valence-electron chi connectivity index (χ3n) is 5.79. The minimum Gasteiger partial charge on any atom is -0.462 e. The first kappa shape index (κ1) is 25.9. The molecule has 1 N–H and O–H groups in total. The largest absolute Gasteiger partial charge is 0.462 e. The number of carbonyl (C=O) groups excluding carboxylic acids is 3. The van der Waals surface area contributed by atoms with Crippen LogP contribution in [0.3, 0.4) is 0 Å². The van der Waals surface area contributed by atoms with E-state index < -0.39 is 17.9 Å². The molecule has 0 saturated heterocycles. The molecule has 0 bridgehead atoms. The predicted molar refractivity (Wildman–Crippen MR) is 144 cm³/mol. The van der Waals surface area contributed by atoms with Gasteiger partial charge < -0.3 is 14.8 Å². The SMILES string of the molecule is CCOC(=O)c1c(NC(=O)C(c2ccccc2)c2ccccc2)sc(C(=O)OCc2ccccc2)c1C. The molecule has 3 aromatic carbocycles. The summed E-state index contributed by atoms with van der Waals surface area (Å²) in [6.07, 6.45) is 0. The highest BCUT2D eigenvalue weighted by atomic mass is 32.1. The van der Waals surface area contributed by atoms with Gasteiger partial charge in [0.1, 0.15) is 16.5 Å². The second-order valence-electron chi connectivity index (χ2n) is 8.29. The van der Waals surface area contributed by atoms with Gasteiger partial charge in [0.2, 0.25) is 5.91 Å². The minimum atomic E-state index is -0.617. The Morgan fingerprint density at radius 1 is 0.784 bits per heavy atom. The Balaban J connectivity index is 1.66. The van der Waals surface area contributed by atoms with Crippen molar-refractivity contribution >= 4 is 34.2 Å². The van der Waals surface area contributed by atoms with Gasteiger partial charge in [-0.2, -0.15) is 0 Å². The van der Waals surface area contributed by atoms with Crippen molar-refractivity contribution in [2.45, 2.75) is 26.4 Å². The Kier molecular flexibility index (Phi) is 8.48. The van der Waals surface area contributed by atoms with Gasteiger partial charge in [-0.3, -0.25) is 4.79 Å². The van der Waals surface area contributed by atoms with Crippen LogP contribution < -0.4 is 5.32 Å². The van der Waals surface area contributed by atoms with Gasteiger partial charge in [0.05, 0.1) is 18.1 Å². The van der Waals surface area contributed by atoms with Gasteiger partial charge in [0, 0.05) is 0 Å². The molecule has 4 rings (SSSR count). The van der Waals surface area contributed by atoms with Crippen LogP contribution in [-0.4, -0.2) is 24.5 Å². The summed E-state index contributed by atoms with van der Waals surface area (Å²) in [4.78, 5) is 39.8. The molecule has 6 nitrogen and oxygen atoms in total. The molecular formula is C30H27NO5S. The highest BCUT2D eigenvalue weighted by Crippen LogP contribution is 2.36. The standard InChI is InChI=1S/C30H27NO5S/c1-3-35-29(33)24-20(2)26(30(34)36-19-21-13-7-4-8-14-21)37-28(24)31-27(32)25(22-15-9-5-10-16-22)23-17-11-6-12-18-23/h4-18,25H,3,19H2,1-2H3,(H,31,32). The average Bonchev–Trinajstić information content (AvgIpc) is 3.25. The van der Waals surface area contributed by atoms with Gasteiger partial charge in [-0.25, -0.2) is 9.59 Å². The van der Waals surface area contributed by atoms with E-state index in [2.05, 4.69) is 5.32 Å². The molecular weight excluding hydrogens is 486 g/mol. The Morgan fingerprint density at radius 3 is 1.86 bits per heavy atom. The van der Waals surface area contributed by atoms with Crippen LogP contribution in [0.2, 0.25) is 0 Å². The van der Waals surface area contributed by atoms with Crippen molar-refractivity contribution < 1.29 is 23.9 Å². The first-order chi connectivity index (χ1) is 18.0. The molecule has 0 spiro atoms. The summed E-state index contributed by atoms with van der Waals surface area (Å²) in [5, 5.41) is 3.16. The quantitative estimate of drug-likeness (QED) is 0.263. The first-order valence-electron chi connectivity index (χ1n) is 11.9. The van der Waals surface area contributed by atoms with Crippen LogP contribution in [0.15, 0.2) is 91.0 Å². The Hall–Kier alpha value is -4.23. The molecule has 0 aliphatic rings. The van der Waals surface area contributed by atoms with Gasteiger partial charge in [-0.05, 0) is 36.1 Å². The first-order valence-corrected chi connectivity index (χ1v) is 12.7. The number of thiophene rings is 1. The lowest BCUT2D eigenvalue weighted by Crippen LogP contribution is -2.23. The Bertz CT molecular complexity index is 1330. The molecule has 188 valence electrons. The Labute approximate surface area is 219 Å². The van der Waals surface area contributed by atoms with Crippen molar-refractivity contribution in [2.24, 2.45) is 0 Å². The van der Waals surface area contributed by atoms with Crippen LogP contribution in [-0.2, 0) is 20.9 Å². The number of anilines is 1. The summed E-state index contributed by atoms with van der Waals surface area (Å²) < 4.78 is 10.7. The van der Waals surface area contributed by atoms with Crippen molar-refractivity contribution in [1.29, 1.82) is 0 Å². The molecule has 0 aliphatic heterocycles. The fraction of sp³-hybridized carbons (Fsp3) is 0.167. The molecule has 0 saturated carbocycles. The van der Waals surface area contributed by atoms with E-state index >= 15 is 0 Å². The number of amides is 1. The third-order valence-corrected chi connectivity index (χ3v) is 6.98. The van der Waals surface area contributed by atoms with Gasteiger partial charge >= 0.3 is 11.9 Å². The molecule has 0 fully saturated rings.